The maximum absolute atomic E-state index is 12.7. The van der Waals surface area contributed by atoms with Gasteiger partial charge in [0.2, 0.25) is 10.0 Å². The molecule has 2 heterocycles. The van der Waals surface area contributed by atoms with Crippen LogP contribution < -0.4 is 5.32 Å². The number of nitrogens with one attached hydrogen (secondary N) is 1. The van der Waals surface area contributed by atoms with Crippen molar-refractivity contribution in [3.63, 3.8) is 0 Å². The third kappa shape index (κ3) is 11.9. The van der Waals surface area contributed by atoms with Gasteiger partial charge in [-0.1, -0.05) is 42.5 Å². The molecule has 2 aliphatic heterocycles. The number of carbonyl (C=O) groups is 4. The second kappa shape index (κ2) is 17.2. The number of carboxylic acid groups (broad SMARTS) is 4. The van der Waals surface area contributed by atoms with Crippen LogP contribution in [0.15, 0.2) is 59.5 Å². The van der Waals surface area contributed by atoms with Crippen molar-refractivity contribution >= 4 is 33.9 Å². The highest BCUT2D eigenvalue weighted by Crippen LogP contribution is 2.19. The first-order valence-electron chi connectivity index (χ1n) is 13.0. The molecule has 2 aromatic rings. The van der Waals surface area contributed by atoms with Crippen molar-refractivity contribution in [2.75, 3.05) is 39.4 Å². The third-order valence-corrected chi connectivity index (χ3v) is 8.24. The van der Waals surface area contributed by atoms with Crippen LogP contribution >= 0.6 is 0 Å². The van der Waals surface area contributed by atoms with Crippen LogP contribution in [0.5, 0.6) is 0 Å². The van der Waals surface area contributed by atoms with E-state index in [1.54, 1.807) is 12.1 Å². The van der Waals surface area contributed by atoms with Gasteiger partial charge in [-0.05, 0) is 49.2 Å². The summed E-state index contributed by atoms with van der Waals surface area (Å²) in [5.41, 5.74) is 2.48. The maximum atomic E-state index is 12.7. The lowest BCUT2D eigenvalue weighted by Crippen LogP contribution is -2.41. The molecular weight excluding hydrogens is 574 g/mol. The van der Waals surface area contributed by atoms with E-state index >= 15 is 0 Å². The second-order valence-corrected chi connectivity index (χ2v) is 11.2. The lowest BCUT2D eigenvalue weighted by Gasteiger charge is -2.32. The fourth-order valence-electron chi connectivity index (χ4n) is 4.11. The van der Waals surface area contributed by atoms with Crippen molar-refractivity contribution < 1.29 is 52.8 Å². The Morgan fingerprint density at radius 2 is 1.24 bits per heavy atom. The molecule has 0 bridgehead atoms. The van der Waals surface area contributed by atoms with Crippen molar-refractivity contribution in [3.8, 4) is 0 Å². The van der Waals surface area contributed by atoms with E-state index in [1.165, 1.54) is 9.87 Å². The molecule has 5 N–H and O–H groups in total. The number of likely N-dealkylation sites (tertiary alicyclic amines) is 1. The Bertz CT molecular complexity index is 1230. The molecule has 15 heteroatoms. The van der Waals surface area contributed by atoms with Gasteiger partial charge in [-0.3, -0.25) is 4.90 Å². The number of hydrogen-bond acceptors (Lipinski definition) is 9. The van der Waals surface area contributed by atoms with Gasteiger partial charge >= 0.3 is 23.9 Å². The van der Waals surface area contributed by atoms with Crippen molar-refractivity contribution in [2.45, 2.75) is 36.9 Å². The Kier molecular flexibility index (Phi) is 14.0. The number of rotatable bonds is 7. The summed E-state index contributed by atoms with van der Waals surface area (Å²) in [5.74, 6) is -7.30. The molecule has 2 aliphatic rings. The molecule has 0 amide bonds. The molecule has 0 saturated carbocycles. The predicted octanol–water partition coefficient (Wildman–Crippen LogP) is 0.773. The van der Waals surface area contributed by atoms with Gasteiger partial charge in [-0.15, -0.1) is 0 Å². The first-order valence-corrected chi connectivity index (χ1v) is 14.4. The number of nitrogens with zero attached hydrogens (tertiary/aromatic N) is 2. The molecule has 0 aromatic heterocycles. The maximum Gasteiger partial charge on any atom is 0.414 e. The van der Waals surface area contributed by atoms with Crippen molar-refractivity contribution in [1.29, 1.82) is 0 Å². The number of ether oxygens (including phenoxy) is 1. The lowest BCUT2D eigenvalue weighted by atomic mass is 10.0. The van der Waals surface area contributed by atoms with Gasteiger partial charge in [0.15, 0.2) is 0 Å². The number of benzene rings is 2. The zero-order valence-corrected chi connectivity index (χ0v) is 23.6. The highest BCUT2D eigenvalue weighted by molar-refractivity contribution is 7.89. The number of piperidine rings is 1. The van der Waals surface area contributed by atoms with E-state index in [9.17, 15) is 8.42 Å². The second-order valence-electron chi connectivity index (χ2n) is 9.30. The van der Waals surface area contributed by atoms with Crippen LogP contribution in [0, 0.1) is 0 Å². The van der Waals surface area contributed by atoms with Gasteiger partial charge < -0.3 is 30.5 Å². The monoisotopic (exact) mass is 609 g/mol. The summed E-state index contributed by atoms with van der Waals surface area (Å²) in [7, 11) is -3.42. The molecular formula is C27H35N3O11S. The molecule has 14 nitrogen and oxygen atoms in total. The fourth-order valence-corrected chi connectivity index (χ4v) is 5.52. The van der Waals surface area contributed by atoms with Gasteiger partial charge in [0, 0.05) is 32.2 Å². The standard InChI is InChI=1S/C23H31N3O3S.2C2H2O4/c27-30(28,26-14-16-29-17-15-26)23-8-6-20(7-9-23)18-24-22-10-12-25(13-11-22)19-21-4-2-1-3-5-21;2*3-1(4)2(5)6/h1-9,22,24H,10-19H2;2*(H,3,4)(H,5,6). The summed E-state index contributed by atoms with van der Waals surface area (Å²) in [5, 5.41) is 33.2. The van der Waals surface area contributed by atoms with Crippen LogP contribution in [0.2, 0.25) is 0 Å². The normalized spacial score (nSPS) is 16.2. The van der Waals surface area contributed by atoms with Gasteiger partial charge in [-0.2, -0.15) is 4.31 Å². The van der Waals surface area contributed by atoms with Gasteiger partial charge in [0.05, 0.1) is 18.1 Å². The minimum Gasteiger partial charge on any atom is -0.473 e. The lowest BCUT2D eigenvalue weighted by molar-refractivity contribution is -0.159. The highest BCUT2D eigenvalue weighted by atomic mass is 32.2. The van der Waals surface area contributed by atoms with E-state index in [-0.39, 0.29) is 0 Å². The Morgan fingerprint density at radius 3 is 1.71 bits per heavy atom. The third-order valence-electron chi connectivity index (χ3n) is 6.33. The minimum absolute atomic E-state index is 0.363. The SMILES string of the molecule is O=C(O)C(=O)O.O=C(O)C(=O)O.O=S(=O)(c1ccc(CNC2CCN(Cc3ccccc3)CC2)cc1)N1CCOCC1. The molecule has 0 atom stereocenters. The van der Waals surface area contributed by atoms with Gasteiger partial charge in [0.25, 0.3) is 0 Å². The molecule has 0 unspecified atom stereocenters. The Hall–Kier alpha value is -3.89. The molecule has 2 saturated heterocycles. The molecule has 2 fully saturated rings. The summed E-state index contributed by atoms with van der Waals surface area (Å²) < 4.78 is 32.2. The minimum atomic E-state index is -3.42. The Balaban J connectivity index is 0.000000434. The average Bonchev–Trinajstić information content (AvgIpc) is 2.98. The van der Waals surface area contributed by atoms with E-state index in [0.717, 1.165) is 44.6 Å². The molecule has 0 spiro atoms. The van der Waals surface area contributed by atoms with E-state index in [4.69, 9.17) is 44.3 Å². The summed E-state index contributed by atoms with van der Waals surface area (Å²) in [6, 6.07) is 18.4. The molecule has 0 radical (unpaired) electrons. The zero-order valence-electron chi connectivity index (χ0n) is 22.8. The van der Waals surface area contributed by atoms with E-state index in [2.05, 4.69) is 40.5 Å². The van der Waals surface area contributed by atoms with Crippen LogP contribution in [0.4, 0.5) is 0 Å². The molecule has 230 valence electrons. The Morgan fingerprint density at radius 1 is 0.738 bits per heavy atom. The molecule has 0 aliphatic carbocycles. The smallest absolute Gasteiger partial charge is 0.414 e. The summed E-state index contributed by atoms with van der Waals surface area (Å²) in [6.07, 6.45) is 2.27. The topological polar surface area (TPSA) is 211 Å². The number of sulfonamides is 1. The van der Waals surface area contributed by atoms with Crippen LogP contribution in [-0.2, 0) is 47.0 Å². The first kappa shape index (κ1) is 34.3. The number of morpholine rings is 1. The van der Waals surface area contributed by atoms with Crippen LogP contribution in [0.1, 0.15) is 24.0 Å². The zero-order chi connectivity index (χ0) is 31.1. The van der Waals surface area contributed by atoms with Crippen LogP contribution in [0.25, 0.3) is 0 Å². The number of carboxylic acids is 4. The summed E-state index contributed by atoms with van der Waals surface area (Å²) in [6.45, 7) is 5.76. The molecule has 2 aromatic carbocycles. The number of hydrogen-bond donors (Lipinski definition) is 5. The molecule has 4 rings (SSSR count). The van der Waals surface area contributed by atoms with E-state index < -0.39 is 33.9 Å². The van der Waals surface area contributed by atoms with E-state index in [1.807, 2.05) is 12.1 Å². The summed E-state index contributed by atoms with van der Waals surface area (Å²) >= 11 is 0. The summed E-state index contributed by atoms with van der Waals surface area (Å²) in [4.78, 5) is 39.3. The number of aliphatic carboxylic acids is 4. The highest BCUT2D eigenvalue weighted by Gasteiger charge is 2.26. The molecule has 42 heavy (non-hydrogen) atoms. The fraction of sp³-hybridized carbons (Fsp3) is 0.407. The van der Waals surface area contributed by atoms with Crippen molar-refractivity contribution in [3.05, 3.63) is 65.7 Å². The predicted molar refractivity (Wildman–Crippen MR) is 148 cm³/mol. The largest absolute Gasteiger partial charge is 0.473 e. The average molecular weight is 610 g/mol. The van der Waals surface area contributed by atoms with Crippen LogP contribution in [0.3, 0.4) is 0 Å². The van der Waals surface area contributed by atoms with Crippen molar-refractivity contribution in [1.82, 2.24) is 14.5 Å². The quantitative estimate of drug-likeness (QED) is 0.275. The van der Waals surface area contributed by atoms with E-state index in [0.29, 0.717) is 37.2 Å². The van der Waals surface area contributed by atoms with Crippen molar-refractivity contribution in [2.24, 2.45) is 0 Å². The first-order chi connectivity index (χ1) is 19.9. The van der Waals surface area contributed by atoms with Gasteiger partial charge in [0.1, 0.15) is 0 Å². The Labute approximate surface area is 243 Å². The van der Waals surface area contributed by atoms with Gasteiger partial charge in [-0.25, -0.2) is 27.6 Å². The van der Waals surface area contributed by atoms with Crippen LogP contribution in [-0.4, -0.2) is 107 Å².